The molecule has 0 aliphatic carbocycles. The van der Waals surface area contributed by atoms with Crippen LogP contribution in [0.1, 0.15) is 18.1 Å². The van der Waals surface area contributed by atoms with Gasteiger partial charge in [0.05, 0.1) is 16.8 Å². The van der Waals surface area contributed by atoms with Crippen molar-refractivity contribution < 1.29 is 4.79 Å². The molecular weight excluding hydrogens is 331 g/mol. The molecule has 0 heterocycles. The number of aryl methyl sites for hydroxylation is 1. The molecule has 0 aromatic heterocycles. The molecule has 3 nitrogen and oxygen atoms in total. The Bertz CT molecular complexity index is 686. The number of halogens is 2. The smallest absolute Gasteiger partial charge is 0.241 e. The first-order valence-corrected chi connectivity index (χ1v) is 8.14. The minimum atomic E-state index is -0.300. The second-order valence-corrected chi connectivity index (χ2v) is 6.53. The van der Waals surface area contributed by atoms with E-state index in [-0.39, 0.29) is 11.9 Å². The molecule has 1 unspecified atom stereocenters. The number of nitrogens with one attached hydrogen (secondary N) is 1. The monoisotopic (exact) mass is 350 g/mol. The molecule has 0 aliphatic heterocycles. The van der Waals surface area contributed by atoms with Crippen molar-refractivity contribution in [2.45, 2.75) is 26.4 Å². The average molecular weight is 351 g/mol. The van der Waals surface area contributed by atoms with Crippen molar-refractivity contribution in [1.82, 2.24) is 4.90 Å². The maximum atomic E-state index is 12.4. The quantitative estimate of drug-likeness (QED) is 0.842. The van der Waals surface area contributed by atoms with E-state index in [1.54, 1.807) is 18.2 Å². The zero-order valence-corrected chi connectivity index (χ0v) is 14.9. The normalized spacial score (nSPS) is 12.3. The molecule has 0 spiro atoms. The highest BCUT2D eigenvalue weighted by molar-refractivity contribution is 6.35. The van der Waals surface area contributed by atoms with E-state index < -0.39 is 0 Å². The third-order valence-electron chi connectivity index (χ3n) is 3.78. The van der Waals surface area contributed by atoms with E-state index in [1.165, 1.54) is 11.1 Å². The summed E-state index contributed by atoms with van der Waals surface area (Å²) in [5.74, 6) is -0.122. The number of carbonyl (C=O) groups is 1. The van der Waals surface area contributed by atoms with Crippen molar-refractivity contribution >= 4 is 34.8 Å². The van der Waals surface area contributed by atoms with E-state index in [0.717, 1.165) is 0 Å². The average Bonchev–Trinajstić information content (AvgIpc) is 2.52. The lowest BCUT2D eigenvalue weighted by atomic mass is 10.1. The van der Waals surface area contributed by atoms with Gasteiger partial charge in [-0.25, -0.2) is 0 Å². The molecule has 0 saturated heterocycles. The lowest BCUT2D eigenvalue weighted by Gasteiger charge is -2.24. The van der Waals surface area contributed by atoms with Gasteiger partial charge in [-0.05, 0) is 44.7 Å². The summed E-state index contributed by atoms with van der Waals surface area (Å²) in [5.41, 5.74) is 2.91. The molecule has 5 heteroatoms. The molecule has 1 atom stereocenters. The Labute approximate surface area is 147 Å². The van der Waals surface area contributed by atoms with Crippen LogP contribution in [0, 0.1) is 6.92 Å². The molecule has 2 rings (SSSR count). The molecule has 1 amide bonds. The van der Waals surface area contributed by atoms with Crippen LogP contribution in [0.25, 0.3) is 0 Å². The second-order valence-electron chi connectivity index (χ2n) is 5.69. The standard InChI is InChI=1S/C18H20Cl2N2O/c1-12-4-6-14(7-5-12)11-22(3)13(2)18(23)21-17-10-15(19)8-9-16(17)20/h4-10,13H,11H2,1-3H3,(H,21,23). The highest BCUT2D eigenvalue weighted by Gasteiger charge is 2.19. The number of benzene rings is 2. The Hall–Kier alpha value is -1.55. The summed E-state index contributed by atoms with van der Waals surface area (Å²) in [5, 5.41) is 3.83. The Morgan fingerprint density at radius 1 is 1.17 bits per heavy atom. The van der Waals surface area contributed by atoms with Crippen LogP contribution in [-0.4, -0.2) is 23.9 Å². The van der Waals surface area contributed by atoms with Crippen LogP contribution < -0.4 is 5.32 Å². The molecule has 0 bridgehead atoms. The minimum absolute atomic E-state index is 0.122. The highest BCUT2D eigenvalue weighted by Crippen LogP contribution is 2.25. The second kappa shape index (κ2) is 7.82. The van der Waals surface area contributed by atoms with Gasteiger partial charge in [-0.2, -0.15) is 0 Å². The van der Waals surface area contributed by atoms with Crippen molar-refractivity contribution in [3.63, 3.8) is 0 Å². The van der Waals surface area contributed by atoms with Crippen LogP contribution in [0.2, 0.25) is 10.0 Å². The van der Waals surface area contributed by atoms with Gasteiger partial charge in [0.15, 0.2) is 0 Å². The Kier molecular flexibility index (Phi) is 6.05. The van der Waals surface area contributed by atoms with Crippen molar-refractivity contribution in [1.29, 1.82) is 0 Å². The number of likely N-dealkylation sites (N-methyl/N-ethyl adjacent to an activating group) is 1. The summed E-state index contributed by atoms with van der Waals surface area (Å²) in [7, 11) is 1.92. The number of nitrogens with zero attached hydrogens (tertiary/aromatic N) is 1. The molecule has 2 aromatic carbocycles. The van der Waals surface area contributed by atoms with Crippen LogP contribution in [0.3, 0.4) is 0 Å². The zero-order valence-electron chi connectivity index (χ0n) is 13.4. The topological polar surface area (TPSA) is 32.3 Å². The van der Waals surface area contributed by atoms with Crippen molar-refractivity contribution in [2.75, 3.05) is 12.4 Å². The lowest BCUT2D eigenvalue weighted by molar-refractivity contribution is -0.120. The van der Waals surface area contributed by atoms with Crippen LogP contribution in [-0.2, 0) is 11.3 Å². The maximum Gasteiger partial charge on any atom is 0.241 e. The molecule has 1 N–H and O–H groups in total. The van der Waals surface area contributed by atoms with E-state index in [2.05, 4.69) is 36.5 Å². The maximum absolute atomic E-state index is 12.4. The van der Waals surface area contributed by atoms with E-state index in [0.29, 0.717) is 22.3 Å². The Morgan fingerprint density at radius 2 is 1.83 bits per heavy atom. The van der Waals surface area contributed by atoms with Crippen molar-refractivity contribution in [3.05, 3.63) is 63.6 Å². The lowest BCUT2D eigenvalue weighted by Crippen LogP contribution is -2.39. The van der Waals surface area contributed by atoms with Gasteiger partial charge in [0, 0.05) is 11.6 Å². The third-order valence-corrected chi connectivity index (χ3v) is 4.34. The van der Waals surface area contributed by atoms with Crippen LogP contribution in [0.15, 0.2) is 42.5 Å². The van der Waals surface area contributed by atoms with Gasteiger partial charge in [-0.1, -0.05) is 53.0 Å². The highest BCUT2D eigenvalue weighted by atomic mass is 35.5. The van der Waals surface area contributed by atoms with Crippen LogP contribution in [0.4, 0.5) is 5.69 Å². The number of anilines is 1. The first-order chi connectivity index (χ1) is 10.9. The van der Waals surface area contributed by atoms with Gasteiger partial charge < -0.3 is 5.32 Å². The Morgan fingerprint density at radius 3 is 2.48 bits per heavy atom. The number of rotatable bonds is 5. The van der Waals surface area contributed by atoms with Crippen LogP contribution >= 0.6 is 23.2 Å². The molecule has 0 radical (unpaired) electrons. The van der Waals surface area contributed by atoms with E-state index in [1.807, 2.05) is 18.9 Å². The van der Waals surface area contributed by atoms with Gasteiger partial charge in [0.25, 0.3) is 0 Å². The van der Waals surface area contributed by atoms with E-state index in [4.69, 9.17) is 23.2 Å². The summed E-state index contributed by atoms with van der Waals surface area (Å²) in [6.45, 7) is 4.61. The van der Waals surface area contributed by atoms with Gasteiger partial charge in [0.2, 0.25) is 5.91 Å². The first kappa shape index (κ1) is 17.8. The summed E-state index contributed by atoms with van der Waals surface area (Å²) in [4.78, 5) is 14.4. The first-order valence-electron chi connectivity index (χ1n) is 7.38. The fourth-order valence-corrected chi connectivity index (χ4v) is 2.49. The predicted molar refractivity (Wildman–Crippen MR) is 97.2 cm³/mol. The van der Waals surface area contributed by atoms with E-state index >= 15 is 0 Å². The van der Waals surface area contributed by atoms with E-state index in [9.17, 15) is 4.79 Å². The summed E-state index contributed by atoms with van der Waals surface area (Å²) < 4.78 is 0. The number of carbonyl (C=O) groups excluding carboxylic acids is 1. The fraction of sp³-hybridized carbons (Fsp3) is 0.278. The van der Waals surface area contributed by atoms with Gasteiger partial charge in [0.1, 0.15) is 0 Å². The molecular formula is C18H20Cl2N2O. The fourth-order valence-electron chi connectivity index (χ4n) is 2.15. The van der Waals surface area contributed by atoms with Gasteiger partial charge in [-0.15, -0.1) is 0 Å². The van der Waals surface area contributed by atoms with Gasteiger partial charge >= 0.3 is 0 Å². The number of amides is 1. The largest absolute Gasteiger partial charge is 0.323 e. The van der Waals surface area contributed by atoms with Crippen LogP contribution in [0.5, 0.6) is 0 Å². The van der Waals surface area contributed by atoms with Gasteiger partial charge in [-0.3, -0.25) is 9.69 Å². The Balaban J connectivity index is 2.00. The summed E-state index contributed by atoms with van der Waals surface area (Å²) >= 11 is 12.0. The summed E-state index contributed by atoms with van der Waals surface area (Å²) in [6.07, 6.45) is 0. The molecule has 23 heavy (non-hydrogen) atoms. The molecule has 122 valence electrons. The predicted octanol–water partition coefficient (Wildman–Crippen LogP) is 4.76. The van der Waals surface area contributed by atoms with Crippen molar-refractivity contribution in [3.8, 4) is 0 Å². The summed E-state index contributed by atoms with van der Waals surface area (Å²) in [6, 6.07) is 13.0. The molecule has 0 aliphatic rings. The molecule has 2 aromatic rings. The SMILES string of the molecule is Cc1ccc(CN(C)C(C)C(=O)Nc2cc(Cl)ccc2Cl)cc1. The third kappa shape index (κ3) is 4.96. The number of hydrogen-bond donors (Lipinski definition) is 1. The van der Waals surface area contributed by atoms with Crippen molar-refractivity contribution in [2.24, 2.45) is 0 Å². The number of hydrogen-bond acceptors (Lipinski definition) is 2. The zero-order chi connectivity index (χ0) is 17.0. The minimum Gasteiger partial charge on any atom is -0.323 e. The molecule has 0 saturated carbocycles. The molecule has 0 fully saturated rings.